The van der Waals surface area contributed by atoms with Gasteiger partial charge in [0.2, 0.25) is 0 Å². The summed E-state index contributed by atoms with van der Waals surface area (Å²) in [5.41, 5.74) is -2.01. The standard InChI is InChI=1S/C7H11FO3/c1-6(2)7(3,4-8)11-5(9)10-6/h4H2,1-3H3. The van der Waals surface area contributed by atoms with Crippen molar-refractivity contribution in [1.29, 1.82) is 0 Å². The Morgan fingerprint density at radius 1 is 1.36 bits per heavy atom. The van der Waals surface area contributed by atoms with Crippen LogP contribution in [-0.4, -0.2) is 24.0 Å². The number of alkyl halides is 1. The summed E-state index contributed by atoms with van der Waals surface area (Å²) in [6, 6.07) is 0. The highest BCUT2D eigenvalue weighted by Crippen LogP contribution is 2.36. The minimum absolute atomic E-state index is 0.730. The molecule has 0 radical (unpaired) electrons. The van der Waals surface area contributed by atoms with Crippen LogP contribution in [0.3, 0.4) is 0 Å². The van der Waals surface area contributed by atoms with E-state index in [1.807, 2.05) is 0 Å². The van der Waals surface area contributed by atoms with E-state index in [9.17, 15) is 9.18 Å². The molecular weight excluding hydrogens is 151 g/mol. The van der Waals surface area contributed by atoms with E-state index in [0.717, 1.165) is 0 Å². The predicted molar refractivity (Wildman–Crippen MR) is 36.0 cm³/mol. The van der Waals surface area contributed by atoms with E-state index >= 15 is 0 Å². The SMILES string of the molecule is CC1(C)OC(=O)OC1(C)CF. The lowest BCUT2D eigenvalue weighted by Crippen LogP contribution is -2.46. The van der Waals surface area contributed by atoms with Crippen molar-refractivity contribution in [2.45, 2.75) is 32.0 Å². The molecule has 0 aromatic carbocycles. The van der Waals surface area contributed by atoms with Crippen LogP contribution in [0.5, 0.6) is 0 Å². The fourth-order valence-corrected chi connectivity index (χ4v) is 0.832. The third kappa shape index (κ3) is 1.06. The molecule has 1 saturated heterocycles. The van der Waals surface area contributed by atoms with Gasteiger partial charge in [-0.05, 0) is 20.8 Å². The first-order valence-electron chi connectivity index (χ1n) is 3.39. The largest absolute Gasteiger partial charge is 0.509 e. The molecule has 1 fully saturated rings. The maximum atomic E-state index is 12.4. The molecule has 64 valence electrons. The molecule has 1 atom stereocenters. The fourth-order valence-electron chi connectivity index (χ4n) is 0.832. The maximum Gasteiger partial charge on any atom is 0.509 e. The molecule has 0 aliphatic carbocycles. The molecule has 11 heavy (non-hydrogen) atoms. The normalized spacial score (nSPS) is 34.7. The highest BCUT2D eigenvalue weighted by molar-refractivity contribution is 5.64. The van der Waals surface area contributed by atoms with Crippen molar-refractivity contribution in [2.24, 2.45) is 0 Å². The highest BCUT2D eigenvalue weighted by Gasteiger charge is 2.54. The first-order valence-corrected chi connectivity index (χ1v) is 3.39. The zero-order chi connectivity index (χ0) is 8.70. The summed E-state index contributed by atoms with van der Waals surface area (Å²) in [4.78, 5) is 10.6. The number of hydrogen-bond acceptors (Lipinski definition) is 3. The van der Waals surface area contributed by atoms with Gasteiger partial charge in [-0.15, -0.1) is 0 Å². The van der Waals surface area contributed by atoms with Gasteiger partial charge in [-0.25, -0.2) is 9.18 Å². The number of carbonyl (C=O) groups is 1. The summed E-state index contributed by atoms with van der Waals surface area (Å²) >= 11 is 0. The van der Waals surface area contributed by atoms with Crippen LogP contribution in [0.4, 0.5) is 9.18 Å². The third-order valence-corrected chi connectivity index (χ3v) is 2.18. The molecule has 0 saturated carbocycles. The van der Waals surface area contributed by atoms with Gasteiger partial charge in [0.15, 0.2) is 11.2 Å². The van der Waals surface area contributed by atoms with Gasteiger partial charge in [0, 0.05) is 0 Å². The summed E-state index contributed by atoms with van der Waals surface area (Å²) in [5, 5.41) is 0. The molecule has 3 nitrogen and oxygen atoms in total. The summed E-state index contributed by atoms with van der Waals surface area (Å²) in [5.74, 6) is 0. The van der Waals surface area contributed by atoms with Crippen LogP contribution >= 0.6 is 0 Å². The van der Waals surface area contributed by atoms with Gasteiger partial charge in [0.05, 0.1) is 0 Å². The van der Waals surface area contributed by atoms with Crippen molar-refractivity contribution in [3.05, 3.63) is 0 Å². The summed E-state index contributed by atoms with van der Waals surface area (Å²) in [7, 11) is 0. The number of ether oxygens (including phenoxy) is 2. The molecule has 1 aliphatic rings. The van der Waals surface area contributed by atoms with Crippen LogP contribution in [-0.2, 0) is 9.47 Å². The van der Waals surface area contributed by atoms with Gasteiger partial charge in [-0.1, -0.05) is 0 Å². The molecule has 0 bridgehead atoms. The Labute approximate surface area is 64.5 Å². The molecule has 1 heterocycles. The van der Waals surface area contributed by atoms with Crippen molar-refractivity contribution in [3.63, 3.8) is 0 Å². The van der Waals surface area contributed by atoms with Gasteiger partial charge >= 0.3 is 6.16 Å². The van der Waals surface area contributed by atoms with Gasteiger partial charge in [0.25, 0.3) is 0 Å². The van der Waals surface area contributed by atoms with E-state index < -0.39 is 24.0 Å². The maximum absolute atomic E-state index is 12.4. The topological polar surface area (TPSA) is 35.5 Å². The molecule has 0 amide bonds. The smallest absolute Gasteiger partial charge is 0.424 e. The molecule has 0 aromatic heterocycles. The molecule has 1 rings (SSSR count). The molecule has 0 N–H and O–H groups in total. The number of rotatable bonds is 1. The van der Waals surface area contributed by atoms with Crippen LogP contribution in [0.15, 0.2) is 0 Å². The first kappa shape index (κ1) is 8.30. The lowest BCUT2D eigenvalue weighted by atomic mass is 9.89. The van der Waals surface area contributed by atoms with Gasteiger partial charge in [0.1, 0.15) is 6.67 Å². The zero-order valence-corrected chi connectivity index (χ0v) is 6.81. The Morgan fingerprint density at radius 3 is 2.09 bits per heavy atom. The molecule has 0 spiro atoms. The zero-order valence-electron chi connectivity index (χ0n) is 6.81. The summed E-state index contributed by atoms with van der Waals surface area (Å²) < 4.78 is 21.8. The minimum Gasteiger partial charge on any atom is -0.424 e. The quantitative estimate of drug-likeness (QED) is 0.550. The first-order chi connectivity index (χ1) is 4.91. The van der Waals surface area contributed by atoms with E-state index in [1.54, 1.807) is 13.8 Å². The predicted octanol–water partition coefficient (Wildman–Crippen LogP) is 1.66. The van der Waals surface area contributed by atoms with Crippen LogP contribution < -0.4 is 0 Å². The van der Waals surface area contributed by atoms with Crippen molar-refractivity contribution >= 4 is 6.16 Å². The lowest BCUT2D eigenvalue weighted by Gasteiger charge is -2.29. The second-order valence-corrected chi connectivity index (χ2v) is 3.33. The van der Waals surface area contributed by atoms with Crippen LogP contribution in [0, 0.1) is 0 Å². The second kappa shape index (κ2) is 2.09. The van der Waals surface area contributed by atoms with Gasteiger partial charge in [-0.3, -0.25) is 0 Å². The van der Waals surface area contributed by atoms with Crippen LogP contribution in [0.25, 0.3) is 0 Å². The van der Waals surface area contributed by atoms with E-state index in [-0.39, 0.29) is 0 Å². The molecule has 1 aliphatic heterocycles. The fraction of sp³-hybridized carbons (Fsp3) is 0.857. The minimum atomic E-state index is -1.13. The number of hydrogen-bond donors (Lipinski definition) is 0. The lowest BCUT2D eigenvalue weighted by molar-refractivity contribution is -0.0264. The van der Waals surface area contributed by atoms with Crippen molar-refractivity contribution in [3.8, 4) is 0 Å². The molecular formula is C7H11FO3. The number of cyclic esters (lactones) is 2. The Morgan fingerprint density at radius 2 is 1.91 bits per heavy atom. The Kier molecular flexibility index (Phi) is 1.58. The Balaban J connectivity index is 2.89. The van der Waals surface area contributed by atoms with Gasteiger partial charge in [-0.2, -0.15) is 0 Å². The monoisotopic (exact) mass is 162 g/mol. The van der Waals surface area contributed by atoms with Crippen molar-refractivity contribution in [1.82, 2.24) is 0 Å². The Bertz CT molecular complexity index is 190. The highest BCUT2D eigenvalue weighted by atomic mass is 19.1. The van der Waals surface area contributed by atoms with E-state index in [4.69, 9.17) is 4.74 Å². The molecule has 0 aromatic rings. The third-order valence-electron chi connectivity index (χ3n) is 2.18. The van der Waals surface area contributed by atoms with Crippen molar-refractivity contribution in [2.75, 3.05) is 6.67 Å². The van der Waals surface area contributed by atoms with Crippen molar-refractivity contribution < 1.29 is 18.7 Å². The number of halogens is 1. The van der Waals surface area contributed by atoms with Crippen LogP contribution in [0.1, 0.15) is 20.8 Å². The summed E-state index contributed by atoms with van der Waals surface area (Å²) in [6.07, 6.45) is -0.796. The van der Waals surface area contributed by atoms with Gasteiger partial charge < -0.3 is 9.47 Å². The van der Waals surface area contributed by atoms with E-state index in [1.165, 1.54) is 6.92 Å². The summed E-state index contributed by atoms with van der Waals surface area (Å²) in [6.45, 7) is 4.03. The second-order valence-electron chi connectivity index (χ2n) is 3.33. The van der Waals surface area contributed by atoms with Crippen LogP contribution in [0.2, 0.25) is 0 Å². The Hall–Kier alpha value is -0.800. The average Bonchev–Trinajstić information content (AvgIpc) is 2.03. The van der Waals surface area contributed by atoms with E-state index in [0.29, 0.717) is 0 Å². The average molecular weight is 162 g/mol. The van der Waals surface area contributed by atoms with E-state index in [2.05, 4.69) is 4.74 Å². The number of carbonyl (C=O) groups excluding carboxylic acids is 1. The molecule has 4 heteroatoms. The molecule has 1 unspecified atom stereocenters.